The molecule has 0 bridgehead atoms. The second-order valence-corrected chi connectivity index (χ2v) is 7.02. The fraction of sp³-hybridized carbons (Fsp3) is 0.812. The molecule has 1 saturated heterocycles. The summed E-state index contributed by atoms with van der Waals surface area (Å²) in [6.45, 7) is 11.3. The number of piperidine rings is 1. The Kier molecular flexibility index (Phi) is 6.30. The zero-order valence-corrected chi connectivity index (χ0v) is 14.1. The molecule has 2 heterocycles. The van der Waals surface area contributed by atoms with Gasteiger partial charge in [0.15, 0.2) is 5.13 Å². The van der Waals surface area contributed by atoms with E-state index in [1.165, 1.54) is 54.5 Å². The summed E-state index contributed by atoms with van der Waals surface area (Å²) >= 11 is 1.91. The summed E-state index contributed by atoms with van der Waals surface area (Å²) in [6.07, 6.45) is 6.11. The standard InChI is InChI=1S/C16H29N3S/c1-4-6-14-15(12-17-9-5-2)20-16(18-14)19-10-7-13(3)8-11-19/h13,17H,4-12H2,1-3H3. The maximum absolute atomic E-state index is 4.93. The highest BCUT2D eigenvalue weighted by Gasteiger charge is 2.20. The largest absolute Gasteiger partial charge is 0.348 e. The highest BCUT2D eigenvalue weighted by atomic mass is 32.1. The Bertz CT molecular complexity index is 394. The molecule has 114 valence electrons. The van der Waals surface area contributed by atoms with Gasteiger partial charge in [-0.1, -0.05) is 27.2 Å². The third kappa shape index (κ3) is 4.19. The molecule has 0 aromatic carbocycles. The average molecular weight is 295 g/mol. The predicted octanol–water partition coefficient (Wildman–Crippen LogP) is 3.83. The molecule has 1 N–H and O–H groups in total. The number of nitrogens with one attached hydrogen (secondary N) is 1. The van der Waals surface area contributed by atoms with Gasteiger partial charge >= 0.3 is 0 Å². The second-order valence-electron chi connectivity index (χ2n) is 5.96. The van der Waals surface area contributed by atoms with Gasteiger partial charge in [-0.25, -0.2) is 4.98 Å². The number of hydrogen-bond acceptors (Lipinski definition) is 4. The van der Waals surface area contributed by atoms with Crippen molar-refractivity contribution in [1.82, 2.24) is 10.3 Å². The summed E-state index contributed by atoms with van der Waals surface area (Å²) in [4.78, 5) is 8.88. The van der Waals surface area contributed by atoms with Gasteiger partial charge in [-0.3, -0.25) is 0 Å². The highest BCUT2D eigenvalue weighted by molar-refractivity contribution is 7.15. The predicted molar refractivity (Wildman–Crippen MR) is 88.7 cm³/mol. The van der Waals surface area contributed by atoms with Crippen molar-refractivity contribution < 1.29 is 0 Å². The van der Waals surface area contributed by atoms with E-state index in [0.29, 0.717) is 0 Å². The van der Waals surface area contributed by atoms with Crippen molar-refractivity contribution in [2.75, 3.05) is 24.5 Å². The second kappa shape index (κ2) is 7.99. The molecule has 0 unspecified atom stereocenters. The lowest BCUT2D eigenvalue weighted by molar-refractivity contribution is 0.438. The van der Waals surface area contributed by atoms with Gasteiger partial charge in [-0.15, -0.1) is 11.3 Å². The van der Waals surface area contributed by atoms with Gasteiger partial charge in [0, 0.05) is 24.5 Å². The maximum atomic E-state index is 4.93. The molecule has 2 rings (SSSR count). The molecular formula is C16H29N3S. The minimum absolute atomic E-state index is 0.881. The van der Waals surface area contributed by atoms with Gasteiger partial charge in [0.2, 0.25) is 0 Å². The van der Waals surface area contributed by atoms with E-state index in [9.17, 15) is 0 Å². The Morgan fingerprint density at radius 3 is 2.65 bits per heavy atom. The van der Waals surface area contributed by atoms with Crippen LogP contribution in [0.25, 0.3) is 0 Å². The van der Waals surface area contributed by atoms with Crippen molar-refractivity contribution >= 4 is 16.5 Å². The van der Waals surface area contributed by atoms with Crippen LogP contribution >= 0.6 is 11.3 Å². The molecule has 3 nitrogen and oxygen atoms in total. The van der Waals surface area contributed by atoms with Crippen LogP contribution in [-0.4, -0.2) is 24.6 Å². The fourth-order valence-electron chi connectivity index (χ4n) is 2.65. The maximum Gasteiger partial charge on any atom is 0.185 e. The van der Waals surface area contributed by atoms with E-state index in [-0.39, 0.29) is 0 Å². The summed E-state index contributed by atoms with van der Waals surface area (Å²) in [5.41, 5.74) is 1.33. The number of aromatic nitrogens is 1. The molecule has 1 aromatic heterocycles. The Labute approximate surface area is 127 Å². The van der Waals surface area contributed by atoms with E-state index in [1.54, 1.807) is 0 Å². The third-order valence-electron chi connectivity index (χ3n) is 4.02. The number of hydrogen-bond donors (Lipinski definition) is 1. The molecule has 1 aromatic rings. The first-order chi connectivity index (χ1) is 9.74. The van der Waals surface area contributed by atoms with Crippen LogP contribution in [0.2, 0.25) is 0 Å². The Hall–Kier alpha value is -0.610. The number of thiazole rings is 1. The van der Waals surface area contributed by atoms with Crippen LogP contribution in [0.5, 0.6) is 0 Å². The topological polar surface area (TPSA) is 28.2 Å². The van der Waals surface area contributed by atoms with Gasteiger partial charge in [0.1, 0.15) is 0 Å². The van der Waals surface area contributed by atoms with Gasteiger partial charge in [0.25, 0.3) is 0 Å². The number of aryl methyl sites for hydroxylation is 1. The van der Waals surface area contributed by atoms with E-state index >= 15 is 0 Å². The molecule has 0 atom stereocenters. The molecule has 20 heavy (non-hydrogen) atoms. The van der Waals surface area contributed by atoms with Crippen LogP contribution in [0.4, 0.5) is 5.13 Å². The molecule has 0 spiro atoms. The van der Waals surface area contributed by atoms with Crippen LogP contribution in [0.3, 0.4) is 0 Å². The van der Waals surface area contributed by atoms with E-state index in [4.69, 9.17) is 4.98 Å². The molecule has 1 aliphatic heterocycles. The van der Waals surface area contributed by atoms with Crippen molar-refractivity contribution in [3.63, 3.8) is 0 Å². The normalized spacial score (nSPS) is 16.9. The van der Waals surface area contributed by atoms with Gasteiger partial charge < -0.3 is 10.2 Å². The van der Waals surface area contributed by atoms with Crippen LogP contribution in [0, 0.1) is 5.92 Å². The van der Waals surface area contributed by atoms with Crippen LogP contribution < -0.4 is 10.2 Å². The first-order valence-electron chi connectivity index (χ1n) is 8.18. The number of nitrogens with zero attached hydrogens (tertiary/aromatic N) is 2. The van der Waals surface area contributed by atoms with Crippen molar-refractivity contribution in [2.45, 2.75) is 59.4 Å². The van der Waals surface area contributed by atoms with Crippen LogP contribution in [-0.2, 0) is 13.0 Å². The molecule has 1 fully saturated rings. The molecular weight excluding hydrogens is 266 g/mol. The van der Waals surface area contributed by atoms with Crippen molar-refractivity contribution in [3.05, 3.63) is 10.6 Å². The first kappa shape index (κ1) is 15.8. The van der Waals surface area contributed by atoms with Gasteiger partial charge in [0.05, 0.1) is 5.69 Å². The molecule has 0 aliphatic carbocycles. The quantitative estimate of drug-likeness (QED) is 0.775. The summed E-state index contributed by atoms with van der Waals surface area (Å²) < 4.78 is 0. The van der Waals surface area contributed by atoms with E-state index in [2.05, 4.69) is 31.0 Å². The lowest BCUT2D eigenvalue weighted by Crippen LogP contribution is -2.32. The zero-order valence-electron chi connectivity index (χ0n) is 13.2. The smallest absolute Gasteiger partial charge is 0.185 e. The van der Waals surface area contributed by atoms with E-state index in [1.807, 2.05) is 11.3 Å². The number of rotatable bonds is 7. The van der Waals surface area contributed by atoms with E-state index < -0.39 is 0 Å². The highest BCUT2D eigenvalue weighted by Crippen LogP contribution is 2.30. The van der Waals surface area contributed by atoms with Crippen molar-refractivity contribution in [2.24, 2.45) is 5.92 Å². The lowest BCUT2D eigenvalue weighted by atomic mass is 10.00. The summed E-state index contributed by atoms with van der Waals surface area (Å²) in [5.74, 6) is 0.881. The molecule has 0 amide bonds. The first-order valence-corrected chi connectivity index (χ1v) is 9.00. The molecule has 1 aliphatic rings. The minimum Gasteiger partial charge on any atom is -0.348 e. The number of anilines is 1. The monoisotopic (exact) mass is 295 g/mol. The molecule has 0 radical (unpaired) electrons. The molecule has 0 saturated carbocycles. The minimum atomic E-state index is 0.881. The van der Waals surface area contributed by atoms with Crippen LogP contribution in [0.1, 0.15) is 57.0 Å². The summed E-state index contributed by atoms with van der Waals surface area (Å²) in [6, 6.07) is 0. The van der Waals surface area contributed by atoms with Gasteiger partial charge in [-0.05, 0) is 38.1 Å². The summed E-state index contributed by atoms with van der Waals surface area (Å²) in [5, 5.41) is 4.78. The Morgan fingerprint density at radius 2 is 2.00 bits per heavy atom. The van der Waals surface area contributed by atoms with Crippen LogP contribution in [0.15, 0.2) is 0 Å². The van der Waals surface area contributed by atoms with Crippen molar-refractivity contribution in [3.8, 4) is 0 Å². The third-order valence-corrected chi connectivity index (χ3v) is 5.18. The van der Waals surface area contributed by atoms with E-state index in [0.717, 1.165) is 25.4 Å². The van der Waals surface area contributed by atoms with Gasteiger partial charge in [-0.2, -0.15) is 0 Å². The van der Waals surface area contributed by atoms with Crippen molar-refractivity contribution in [1.29, 1.82) is 0 Å². The molecule has 4 heteroatoms. The lowest BCUT2D eigenvalue weighted by Gasteiger charge is -2.29. The average Bonchev–Trinajstić information content (AvgIpc) is 2.84. The fourth-order valence-corrected chi connectivity index (χ4v) is 3.78. The summed E-state index contributed by atoms with van der Waals surface area (Å²) in [7, 11) is 0. The SMILES string of the molecule is CCCNCc1sc(N2CCC(C)CC2)nc1CCC. The zero-order chi connectivity index (χ0) is 14.4. The Morgan fingerprint density at radius 1 is 1.25 bits per heavy atom. The Balaban J connectivity index is 2.03.